The lowest BCUT2D eigenvalue weighted by Gasteiger charge is -2.16. The van der Waals surface area contributed by atoms with Crippen LogP contribution >= 0.6 is 0 Å². The van der Waals surface area contributed by atoms with E-state index in [1.165, 1.54) is 0 Å². The van der Waals surface area contributed by atoms with Gasteiger partial charge in [-0.2, -0.15) is 0 Å². The van der Waals surface area contributed by atoms with E-state index >= 15 is 0 Å². The fourth-order valence-electron chi connectivity index (χ4n) is 2.88. The molecule has 2 aromatic rings. The van der Waals surface area contributed by atoms with Gasteiger partial charge in [-0.25, -0.2) is 4.79 Å². The van der Waals surface area contributed by atoms with Gasteiger partial charge in [-0.05, 0) is 47.4 Å². The quantitative estimate of drug-likeness (QED) is 0.783. The molecule has 1 aliphatic heterocycles. The highest BCUT2D eigenvalue weighted by atomic mass is 16.5. The Kier molecular flexibility index (Phi) is 5.64. The van der Waals surface area contributed by atoms with Crippen LogP contribution in [0.1, 0.15) is 41.4 Å². The van der Waals surface area contributed by atoms with Crippen molar-refractivity contribution in [3.05, 3.63) is 59.2 Å². The van der Waals surface area contributed by atoms with Crippen molar-refractivity contribution in [3.8, 4) is 11.5 Å². The molecule has 0 radical (unpaired) electrons. The summed E-state index contributed by atoms with van der Waals surface area (Å²) in [7, 11) is 0. The van der Waals surface area contributed by atoms with Crippen molar-refractivity contribution < 1.29 is 24.2 Å². The van der Waals surface area contributed by atoms with Crippen LogP contribution in [0.2, 0.25) is 0 Å². The second-order valence-electron chi connectivity index (χ2n) is 6.94. The molecule has 3 rings (SSSR count). The number of benzene rings is 2. The number of carbonyl (C=O) groups excluding carboxylic acids is 1. The van der Waals surface area contributed by atoms with E-state index in [9.17, 15) is 14.7 Å². The van der Waals surface area contributed by atoms with Gasteiger partial charge in [0.1, 0.15) is 11.5 Å². The Morgan fingerprint density at radius 1 is 1.22 bits per heavy atom. The summed E-state index contributed by atoms with van der Waals surface area (Å²) in [5.41, 5.74) is 1.83. The molecule has 1 heterocycles. The first-order valence-corrected chi connectivity index (χ1v) is 8.96. The van der Waals surface area contributed by atoms with Crippen molar-refractivity contribution in [2.45, 2.75) is 26.3 Å². The van der Waals surface area contributed by atoms with Crippen LogP contribution < -0.4 is 14.8 Å². The van der Waals surface area contributed by atoms with Crippen molar-refractivity contribution in [3.63, 3.8) is 0 Å². The Morgan fingerprint density at radius 2 is 2.04 bits per heavy atom. The average Bonchev–Trinajstić information content (AvgIpc) is 3.12. The van der Waals surface area contributed by atoms with Gasteiger partial charge in [0, 0.05) is 12.0 Å². The molecule has 1 aliphatic rings. The zero-order valence-electron chi connectivity index (χ0n) is 15.4. The van der Waals surface area contributed by atoms with E-state index in [1.54, 1.807) is 42.5 Å². The average molecular weight is 369 g/mol. The fourth-order valence-corrected chi connectivity index (χ4v) is 2.88. The first-order chi connectivity index (χ1) is 12.9. The van der Waals surface area contributed by atoms with Crippen LogP contribution in [0.4, 0.5) is 0 Å². The predicted octanol–water partition coefficient (Wildman–Crippen LogP) is 3.21. The highest BCUT2D eigenvalue weighted by molar-refractivity contribution is 5.97. The first kappa shape index (κ1) is 18.8. The van der Waals surface area contributed by atoms with Gasteiger partial charge in [0.05, 0.1) is 13.2 Å². The molecule has 0 saturated heterocycles. The van der Waals surface area contributed by atoms with Crippen molar-refractivity contribution >= 4 is 11.9 Å². The van der Waals surface area contributed by atoms with Gasteiger partial charge in [-0.3, -0.25) is 4.79 Å². The minimum atomic E-state index is -1.14. The van der Waals surface area contributed by atoms with Crippen molar-refractivity contribution in [2.24, 2.45) is 5.92 Å². The summed E-state index contributed by atoms with van der Waals surface area (Å²) < 4.78 is 11.1. The van der Waals surface area contributed by atoms with E-state index < -0.39 is 17.9 Å². The molecule has 0 bridgehead atoms. The molecule has 1 atom stereocenters. The number of ether oxygens (including phenoxy) is 2. The molecule has 1 amide bonds. The number of carbonyl (C=O) groups is 2. The number of carboxylic acids is 1. The fraction of sp³-hybridized carbons (Fsp3) is 0.333. The molecule has 0 spiro atoms. The molecule has 6 heteroatoms. The number of hydrogen-bond donors (Lipinski definition) is 2. The maximum atomic E-state index is 12.6. The largest absolute Gasteiger partial charge is 0.493 e. The SMILES string of the molecule is CC(C)COc1cccc(C(=O)NC(C(=O)O)c2ccc3c(c2)CCO3)c1. The van der Waals surface area contributed by atoms with Crippen molar-refractivity contribution in [1.82, 2.24) is 5.32 Å². The first-order valence-electron chi connectivity index (χ1n) is 8.96. The van der Waals surface area contributed by atoms with Crippen LogP contribution in [-0.2, 0) is 11.2 Å². The van der Waals surface area contributed by atoms with E-state index in [0.717, 1.165) is 17.7 Å². The normalized spacial score (nSPS) is 13.6. The van der Waals surface area contributed by atoms with E-state index in [-0.39, 0.29) is 0 Å². The molecule has 142 valence electrons. The van der Waals surface area contributed by atoms with Gasteiger partial charge in [-0.15, -0.1) is 0 Å². The monoisotopic (exact) mass is 369 g/mol. The summed E-state index contributed by atoms with van der Waals surface area (Å²) in [6.07, 6.45) is 0.735. The van der Waals surface area contributed by atoms with E-state index in [0.29, 0.717) is 36.0 Å². The molecule has 2 aromatic carbocycles. The number of hydrogen-bond acceptors (Lipinski definition) is 4. The summed E-state index contributed by atoms with van der Waals surface area (Å²) >= 11 is 0. The van der Waals surface area contributed by atoms with Crippen LogP contribution in [0, 0.1) is 5.92 Å². The Morgan fingerprint density at radius 3 is 2.78 bits per heavy atom. The molecule has 6 nitrogen and oxygen atoms in total. The highest BCUT2D eigenvalue weighted by Crippen LogP contribution is 2.28. The second-order valence-corrected chi connectivity index (χ2v) is 6.94. The zero-order chi connectivity index (χ0) is 19.4. The van der Waals surface area contributed by atoms with Gasteiger partial charge >= 0.3 is 5.97 Å². The Balaban J connectivity index is 1.76. The van der Waals surface area contributed by atoms with Crippen LogP contribution in [0.5, 0.6) is 11.5 Å². The molecular weight excluding hydrogens is 346 g/mol. The molecule has 0 aliphatic carbocycles. The second kappa shape index (κ2) is 8.12. The summed E-state index contributed by atoms with van der Waals surface area (Å²) in [5, 5.41) is 12.2. The van der Waals surface area contributed by atoms with Crippen molar-refractivity contribution in [1.29, 1.82) is 0 Å². The van der Waals surface area contributed by atoms with Gasteiger partial charge in [-0.1, -0.05) is 26.0 Å². The maximum Gasteiger partial charge on any atom is 0.330 e. The molecule has 2 N–H and O–H groups in total. The number of nitrogens with one attached hydrogen (secondary N) is 1. The summed E-state index contributed by atoms with van der Waals surface area (Å²) in [6, 6.07) is 10.8. The van der Waals surface area contributed by atoms with Crippen LogP contribution in [-0.4, -0.2) is 30.2 Å². The molecule has 27 heavy (non-hydrogen) atoms. The standard InChI is InChI=1S/C21H23NO5/c1-13(2)12-27-17-5-3-4-16(11-17)20(23)22-19(21(24)25)15-6-7-18-14(10-15)8-9-26-18/h3-7,10-11,13,19H,8-9,12H2,1-2H3,(H,22,23)(H,24,25). The van der Waals surface area contributed by atoms with Crippen LogP contribution in [0.15, 0.2) is 42.5 Å². The third kappa shape index (κ3) is 4.58. The maximum absolute atomic E-state index is 12.6. The van der Waals surface area contributed by atoms with Crippen LogP contribution in [0.25, 0.3) is 0 Å². The lowest BCUT2D eigenvalue weighted by atomic mass is 10.0. The molecule has 0 fully saturated rings. The van der Waals surface area contributed by atoms with E-state index in [4.69, 9.17) is 9.47 Å². The third-order valence-corrected chi connectivity index (χ3v) is 4.25. The minimum Gasteiger partial charge on any atom is -0.493 e. The number of rotatable bonds is 7. The zero-order valence-corrected chi connectivity index (χ0v) is 15.4. The van der Waals surface area contributed by atoms with Gasteiger partial charge < -0.3 is 19.9 Å². The number of fused-ring (bicyclic) bond motifs is 1. The Labute approximate surface area is 158 Å². The number of carboxylic acid groups (broad SMARTS) is 1. The summed E-state index contributed by atoms with van der Waals surface area (Å²) in [6.45, 7) is 5.21. The van der Waals surface area contributed by atoms with E-state index in [1.807, 2.05) is 13.8 Å². The summed E-state index contributed by atoms with van der Waals surface area (Å²) in [5.74, 6) is 0.133. The minimum absolute atomic E-state index is 0.354. The smallest absolute Gasteiger partial charge is 0.330 e. The number of amides is 1. The molecule has 0 aromatic heterocycles. The summed E-state index contributed by atoms with van der Waals surface area (Å²) in [4.78, 5) is 24.3. The van der Waals surface area contributed by atoms with E-state index in [2.05, 4.69) is 5.32 Å². The van der Waals surface area contributed by atoms with Crippen LogP contribution in [0.3, 0.4) is 0 Å². The third-order valence-electron chi connectivity index (χ3n) is 4.25. The topological polar surface area (TPSA) is 84.9 Å². The lowest BCUT2D eigenvalue weighted by Crippen LogP contribution is -2.33. The number of aliphatic carboxylic acids is 1. The molecule has 1 unspecified atom stereocenters. The Hall–Kier alpha value is -3.02. The van der Waals surface area contributed by atoms with Gasteiger partial charge in [0.25, 0.3) is 5.91 Å². The Bertz CT molecular complexity index is 846. The molecule has 0 saturated carbocycles. The van der Waals surface area contributed by atoms with Gasteiger partial charge in [0.2, 0.25) is 0 Å². The van der Waals surface area contributed by atoms with Crippen molar-refractivity contribution in [2.75, 3.05) is 13.2 Å². The van der Waals surface area contributed by atoms with Gasteiger partial charge in [0.15, 0.2) is 6.04 Å². The molecular formula is C21H23NO5. The lowest BCUT2D eigenvalue weighted by molar-refractivity contribution is -0.139. The highest BCUT2D eigenvalue weighted by Gasteiger charge is 2.25. The predicted molar refractivity (Wildman–Crippen MR) is 100 cm³/mol.